The van der Waals surface area contributed by atoms with E-state index < -0.39 is 29.3 Å². The van der Waals surface area contributed by atoms with Gasteiger partial charge >= 0.3 is 0 Å². The predicted molar refractivity (Wildman–Crippen MR) is 109 cm³/mol. The molecule has 0 unspecified atom stereocenters. The van der Waals surface area contributed by atoms with Crippen LogP contribution in [0.1, 0.15) is 22.7 Å². The molecule has 0 spiro atoms. The summed E-state index contributed by atoms with van der Waals surface area (Å²) in [5.41, 5.74) is 1.82. The summed E-state index contributed by atoms with van der Waals surface area (Å²) >= 11 is 0. The van der Waals surface area contributed by atoms with Gasteiger partial charge in [-0.05, 0) is 41.5 Å². The van der Waals surface area contributed by atoms with Crippen LogP contribution >= 0.6 is 0 Å². The highest BCUT2D eigenvalue weighted by Gasteiger charge is 2.42. The standard InChI is InChI=1S/C24H19F2NO3/c1-30-18-12-8-16(9-13-18)21-22(19-4-2-3-5-20(19)26)27(24(29)23(21)28)14-15-6-10-17(25)11-7-15/h2-13,22,28H,14H2,1H3/t22-/m0/s1. The van der Waals surface area contributed by atoms with Gasteiger partial charge in [-0.3, -0.25) is 4.79 Å². The maximum absolute atomic E-state index is 14.8. The average Bonchev–Trinajstić information content (AvgIpc) is 3.00. The molecule has 1 atom stereocenters. The quantitative estimate of drug-likeness (QED) is 0.646. The molecular formula is C24H19F2NO3. The number of hydrogen-bond acceptors (Lipinski definition) is 3. The summed E-state index contributed by atoms with van der Waals surface area (Å²) in [7, 11) is 1.54. The summed E-state index contributed by atoms with van der Waals surface area (Å²) in [6, 6.07) is 17.9. The second kappa shape index (κ2) is 7.99. The number of aliphatic hydroxyl groups excluding tert-OH is 1. The average molecular weight is 407 g/mol. The number of rotatable bonds is 5. The van der Waals surface area contributed by atoms with Crippen LogP contribution in [-0.4, -0.2) is 23.0 Å². The lowest BCUT2D eigenvalue weighted by atomic mass is 9.93. The molecule has 0 saturated heterocycles. The first-order valence-corrected chi connectivity index (χ1v) is 9.37. The zero-order valence-corrected chi connectivity index (χ0v) is 16.2. The highest BCUT2D eigenvalue weighted by Crippen LogP contribution is 2.44. The van der Waals surface area contributed by atoms with Crippen LogP contribution in [0.25, 0.3) is 5.57 Å². The second-order valence-corrected chi connectivity index (χ2v) is 6.97. The number of aliphatic hydroxyl groups is 1. The van der Waals surface area contributed by atoms with Gasteiger partial charge in [-0.1, -0.05) is 42.5 Å². The van der Waals surface area contributed by atoms with Crippen LogP contribution in [0.3, 0.4) is 0 Å². The predicted octanol–water partition coefficient (Wildman–Crippen LogP) is 5.03. The van der Waals surface area contributed by atoms with Crippen LogP contribution in [0.2, 0.25) is 0 Å². The second-order valence-electron chi connectivity index (χ2n) is 6.97. The number of benzene rings is 3. The Bertz CT molecular complexity index is 1110. The van der Waals surface area contributed by atoms with Crippen molar-refractivity contribution >= 4 is 11.5 Å². The molecule has 0 saturated carbocycles. The summed E-state index contributed by atoms with van der Waals surface area (Å²) in [4.78, 5) is 14.4. The van der Waals surface area contributed by atoms with E-state index >= 15 is 0 Å². The van der Waals surface area contributed by atoms with E-state index in [9.17, 15) is 18.7 Å². The zero-order chi connectivity index (χ0) is 21.3. The summed E-state index contributed by atoms with van der Waals surface area (Å²) in [5.74, 6) is -1.31. The molecule has 1 heterocycles. The lowest BCUT2D eigenvalue weighted by Gasteiger charge is -2.28. The third kappa shape index (κ3) is 3.52. The van der Waals surface area contributed by atoms with E-state index in [1.165, 1.54) is 30.2 Å². The van der Waals surface area contributed by atoms with E-state index in [1.807, 2.05) is 0 Å². The molecule has 0 bridgehead atoms. The Morgan fingerprint density at radius 1 is 0.967 bits per heavy atom. The molecule has 0 fully saturated rings. The summed E-state index contributed by atoms with van der Waals surface area (Å²) < 4.78 is 33.2. The highest BCUT2D eigenvalue weighted by molar-refractivity contribution is 6.05. The number of halogens is 2. The molecule has 4 nitrogen and oxygen atoms in total. The molecule has 3 aromatic carbocycles. The molecule has 6 heteroatoms. The molecule has 1 amide bonds. The normalized spacial score (nSPS) is 16.3. The van der Waals surface area contributed by atoms with Gasteiger partial charge in [0.15, 0.2) is 5.76 Å². The number of hydrogen-bond donors (Lipinski definition) is 1. The van der Waals surface area contributed by atoms with Crippen molar-refractivity contribution in [2.45, 2.75) is 12.6 Å². The molecule has 0 aromatic heterocycles. The molecule has 1 N–H and O–H groups in total. The first-order chi connectivity index (χ1) is 14.5. The molecule has 152 valence electrons. The fourth-order valence-electron chi connectivity index (χ4n) is 3.69. The molecule has 3 aromatic rings. The lowest BCUT2D eigenvalue weighted by molar-refractivity contribution is -0.130. The van der Waals surface area contributed by atoms with Crippen LogP contribution in [-0.2, 0) is 11.3 Å². The van der Waals surface area contributed by atoms with E-state index in [-0.39, 0.29) is 12.1 Å². The largest absolute Gasteiger partial charge is 0.503 e. The molecule has 1 aliphatic rings. The molecule has 30 heavy (non-hydrogen) atoms. The topological polar surface area (TPSA) is 49.8 Å². The van der Waals surface area contributed by atoms with Crippen molar-refractivity contribution < 1.29 is 23.4 Å². The van der Waals surface area contributed by atoms with Gasteiger partial charge in [0.2, 0.25) is 0 Å². The summed E-state index contributed by atoms with van der Waals surface area (Å²) in [6.07, 6.45) is 0. The van der Waals surface area contributed by atoms with Gasteiger partial charge in [0, 0.05) is 17.7 Å². The van der Waals surface area contributed by atoms with Crippen molar-refractivity contribution in [3.05, 3.63) is 107 Å². The Labute approximate surface area is 172 Å². The van der Waals surface area contributed by atoms with Crippen LogP contribution in [0, 0.1) is 11.6 Å². The van der Waals surface area contributed by atoms with Gasteiger partial charge in [-0.2, -0.15) is 0 Å². The Morgan fingerprint density at radius 3 is 2.27 bits per heavy atom. The Morgan fingerprint density at radius 2 is 1.63 bits per heavy atom. The number of carbonyl (C=O) groups is 1. The third-order valence-electron chi connectivity index (χ3n) is 5.17. The van der Waals surface area contributed by atoms with Gasteiger partial charge < -0.3 is 14.7 Å². The number of nitrogens with zero attached hydrogens (tertiary/aromatic N) is 1. The van der Waals surface area contributed by atoms with Crippen molar-refractivity contribution in [2.75, 3.05) is 7.11 Å². The maximum atomic E-state index is 14.8. The number of methoxy groups -OCH3 is 1. The minimum atomic E-state index is -0.836. The van der Waals surface area contributed by atoms with Crippen molar-refractivity contribution in [1.82, 2.24) is 4.90 Å². The van der Waals surface area contributed by atoms with Crippen molar-refractivity contribution in [2.24, 2.45) is 0 Å². The maximum Gasteiger partial charge on any atom is 0.290 e. The number of carbonyl (C=O) groups excluding carboxylic acids is 1. The zero-order valence-electron chi connectivity index (χ0n) is 16.2. The minimum Gasteiger partial charge on any atom is -0.503 e. The molecule has 1 aliphatic heterocycles. The first kappa shape index (κ1) is 19.6. The first-order valence-electron chi connectivity index (χ1n) is 9.37. The van der Waals surface area contributed by atoms with Gasteiger partial charge in [0.25, 0.3) is 5.91 Å². The Kier molecular flexibility index (Phi) is 5.23. The van der Waals surface area contributed by atoms with Gasteiger partial charge in [0.05, 0.1) is 13.2 Å². The Hall–Kier alpha value is -3.67. The third-order valence-corrected chi connectivity index (χ3v) is 5.17. The molecule has 4 rings (SSSR count). The fourth-order valence-corrected chi connectivity index (χ4v) is 3.69. The lowest BCUT2D eigenvalue weighted by Crippen LogP contribution is -2.30. The van der Waals surface area contributed by atoms with Crippen LogP contribution in [0.4, 0.5) is 8.78 Å². The van der Waals surface area contributed by atoms with E-state index in [1.54, 1.807) is 54.6 Å². The van der Waals surface area contributed by atoms with Gasteiger partial charge in [-0.15, -0.1) is 0 Å². The fraction of sp³-hybridized carbons (Fsp3) is 0.125. The number of amides is 1. The van der Waals surface area contributed by atoms with Crippen LogP contribution < -0.4 is 4.74 Å². The smallest absolute Gasteiger partial charge is 0.290 e. The molecule has 0 aliphatic carbocycles. The van der Waals surface area contributed by atoms with Crippen LogP contribution in [0.15, 0.2) is 78.6 Å². The highest BCUT2D eigenvalue weighted by atomic mass is 19.1. The van der Waals surface area contributed by atoms with Crippen LogP contribution in [0.5, 0.6) is 5.75 Å². The van der Waals surface area contributed by atoms with E-state index in [0.29, 0.717) is 22.4 Å². The Balaban J connectivity index is 1.81. The van der Waals surface area contributed by atoms with E-state index in [4.69, 9.17) is 4.74 Å². The van der Waals surface area contributed by atoms with Gasteiger partial charge in [-0.25, -0.2) is 8.78 Å². The summed E-state index contributed by atoms with van der Waals surface area (Å²) in [6.45, 7) is 0.0851. The van der Waals surface area contributed by atoms with E-state index in [0.717, 1.165) is 0 Å². The molecule has 0 radical (unpaired) electrons. The number of ether oxygens (including phenoxy) is 1. The van der Waals surface area contributed by atoms with Crippen molar-refractivity contribution in [3.8, 4) is 5.75 Å². The van der Waals surface area contributed by atoms with Crippen molar-refractivity contribution in [1.29, 1.82) is 0 Å². The summed E-state index contributed by atoms with van der Waals surface area (Å²) in [5, 5.41) is 10.7. The minimum absolute atomic E-state index is 0.0851. The van der Waals surface area contributed by atoms with E-state index in [2.05, 4.69) is 0 Å². The van der Waals surface area contributed by atoms with Gasteiger partial charge in [0.1, 0.15) is 17.4 Å². The molecular weight excluding hydrogens is 388 g/mol. The van der Waals surface area contributed by atoms with Crippen molar-refractivity contribution in [3.63, 3.8) is 0 Å². The monoisotopic (exact) mass is 407 g/mol. The SMILES string of the molecule is COc1ccc(C2=C(O)C(=O)N(Cc3ccc(F)cc3)[C@H]2c2ccccc2F)cc1.